The highest BCUT2D eigenvalue weighted by atomic mass is 32.2. The zero-order valence-corrected chi connectivity index (χ0v) is 23.6. The molecule has 1 fully saturated rings. The van der Waals surface area contributed by atoms with Gasteiger partial charge in [-0.15, -0.1) is 5.06 Å². The molecule has 6 rings (SSSR count). The lowest BCUT2D eigenvalue weighted by Gasteiger charge is -2.37. The van der Waals surface area contributed by atoms with Crippen LogP contribution in [-0.2, 0) is 56.2 Å². The monoisotopic (exact) mass is 645 g/mol. The van der Waals surface area contributed by atoms with Crippen molar-refractivity contribution in [2.45, 2.75) is 34.7 Å². The summed E-state index contributed by atoms with van der Waals surface area (Å²) >= 11 is 0. The van der Waals surface area contributed by atoms with Crippen LogP contribution in [0.3, 0.4) is 0 Å². The van der Waals surface area contributed by atoms with Crippen LogP contribution in [0.5, 0.6) is 11.5 Å². The second kappa shape index (κ2) is 9.48. The van der Waals surface area contributed by atoms with Crippen LogP contribution in [0, 0.1) is 0 Å². The number of nitrogens with two attached hydrogens (primary N) is 2. The fraction of sp³-hybridized carbons (Fsp3) is 0.154. The average Bonchev–Trinajstić information content (AvgIpc) is 3.38. The number of nitrogen functional groups attached to an aromatic ring is 2. The minimum absolute atomic E-state index is 0.0208. The summed E-state index contributed by atoms with van der Waals surface area (Å²) in [5, 5.41) is 0.367. The fourth-order valence-electron chi connectivity index (χ4n) is 5.48. The molecule has 6 N–H and O–H groups in total. The number of carbonyl (C=O) groups is 4. The maximum atomic E-state index is 13.4. The molecule has 44 heavy (non-hydrogen) atoms. The molecule has 18 heteroatoms. The van der Waals surface area contributed by atoms with Gasteiger partial charge in [-0.25, -0.2) is 9.59 Å². The van der Waals surface area contributed by atoms with Crippen LogP contribution in [0.25, 0.3) is 0 Å². The van der Waals surface area contributed by atoms with E-state index in [4.69, 9.17) is 25.8 Å². The topological polar surface area (TPSA) is 260 Å². The standard InChI is InChI=1S/C26H19N3O13S2/c27-16-5-3-14-21(23(16)43(34,35)36)40-22-15(4-6-17(28)24(22)44(37,38)39)26(14)13-2-1-11(9-12(13)25(33)41-26)10-20(32)42-29-18(30)7-8-19(29)31/h1-6,9H,7-8,10,27-28H2,(H,34,35,36)(H,37,38,39). The predicted octanol–water partition coefficient (Wildman–Crippen LogP) is 1.06. The van der Waals surface area contributed by atoms with Gasteiger partial charge in [-0.05, 0) is 35.9 Å². The van der Waals surface area contributed by atoms with Gasteiger partial charge in [0.15, 0.2) is 26.9 Å². The van der Waals surface area contributed by atoms with Crippen LogP contribution >= 0.6 is 0 Å². The van der Waals surface area contributed by atoms with E-state index in [1.165, 1.54) is 30.3 Å². The lowest BCUT2D eigenvalue weighted by Crippen LogP contribution is -2.34. The fourth-order valence-corrected chi connectivity index (χ4v) is 6.98. The zero-order valence-electron chi connectivity index (χ0n) is 22.0. The second-order valence-electron chi connectivity index (χ2n) is 9.95. The molecule has 228 valence electrons. The van der Waals surface area contributed by atoms with Crippen molar-refractivity contribution in [1.82, 2.24) is 5.06 Å². The summed E-state index contributed by atoms with van der Waals surface area (Å²) in [7, 11) is -10.3. The molecule has 16 nitrogen and oxygen atoms in total. The largest absolute Gasteiger partial charge is 0.453 e. The van der Waals surface area contributed by atoms with Gasteiger partial charge in [0.05, 0.1) is 23.4 Å². The summed E-state index contributed by atoms with van der Waals surface area (Å²) in [5.74, 6) is -4.77. The molecule has 3 aromatic carbocycles. The van der Waals surface area contributed by atoms with Gasteiger partial charge in [-0.1, -0.05) is 12.1 Å². The molecular formula is C26H19N3O13S2. The van der Waals surface area contributed by atoms with Gasteiger partial charge in [0.2, 0.25) is 0 Å². The van der Waals surface area contributed by atoms with Gasteiger partial charge in [-0.3, -0.25) is 18.7 Å². The molecule has 0 atom stereocenters. The molecule has 0 bridgehead atoms. The van der Waals surface area contributed by atoms with Crippen molar-refractivity contribution in [3.8, 4) is 11.5 Å². The number of hydroxylamine groups is 2. The first kappa shape index (κ1) is 29.1. The maximum absolute atomic E-state index is 13.4. The summed E-state index contributed by atoms with van der Waals surface area (Å²) in [6.45, 7) is 0. The molecule has 3 aromatic rings. The van der Waals surface area contributed by atoms with Crippen LogP contribution < -0.4 is 16.2 Å². The van der Waals surface area contributed by atoms with Gasteiger partial charge in [-0.2, -0.15) is 16.8 Å². The third-order valence-corrected chi connectivity index (χ3v) is 9.11. The molecule has 1 spiro atoms. The van der Waals surface area contributed by atoms with Crippen LogP contribution in [0.2, 0.25) is 0 Å². The highest BCUT2D eigenvalue weighted by molar-refractivity contribution is 7.86. The van der Waals surface area contributed by atoms with Crippen LogP contribution in [0.4, 0.5) is 11.4 Å². The molecule has 0 saturated carbocycles. The van der Waals surface area contributed by atoms with Gasteiger partial charge in [0.25, 0.3) is 32.1 Å². The number of fused-ring (bicyclic) bond motifs is 6. The summed E-state index contributed by atoms with van der Waals surface area (Å²) < 4.78 is 81.3. The highest BCUT2D eigenvalue weighted by Crippen LogP contribution is 2.59. The Morgan fingerprint density at radius 3 is 1.84 bits per heavy atom. The number of imide groups is 1. The minimum Gasteiger partial charge on any atom is -0.453 e. The van der Waals surface area contributed by atoms with E-state index in [0.717, 1.165) is 12.1 Å². The third kappa shape index (κ3) is 4.26. The van der Waals surface area contributed by atoms with Crippen LogP contribution in [-0.4, -0.2) is 54.8 Å². The molecule has 2 amide bonds. The number of esters is 1. The number of rotatable bonds is 5. The van der Waals surface area contributed by atoms with Crippen molar-refractivity contribution in [3.05, 3.63) is 70.3 Å². The lowest BCUT2D eigenvalue weighted by molar-refractivity contribution is -0.197. The van der Waals surface area contributed by atoms with Crippen molar-refractivity contribution >= 4 is 55.4 Å². The number of carbonyl (C=O) groups excluding carboxylic acids is 4. The van der Waals surface area contributed by atoms with E-state index in [9.17, 15) is 45.1 Å². The first-order chi connectivity index (χ1) is 20.5. The average molecular weight is 646 g/mol. The zero-order chi connectivity index (χ0) is 31.9. The Kier molecular flexibility index (Phi) is 6.26. The quantitative estimate of drug-likeness (QED) is 0.131. The van der Waals surface area contributed by atoms with Gasteiger partial charge in [0.1, 0.15) is 0 Å². The van der Waals surface area contributed by atoms with Crippen molar-refractivity contribution in [1.29, 1.82) is 0 Å². The second-order valence-corrected chi connectivity index (χ2v) is 12.7. The van der Waals surface area contributed by atoms with E-state index in [-0.39, 0.29) is 40.7 Å². The van der Waals surface area contributed by atoms with E-state index >= 15 is 0 Å². The number of nitrogens with zero attached hydrogens (tertiary/aromatic N) is 1. The number of amides is 2. The van der Waals surface area contributed by atoms with Gasteiger partial charge in [0, 0.05) is 29.5 Å². The van der Waals surface area contributed by atoms with Crippen LogP contribution in [0.1, 0.15) is 45.5 Å². The number of hydrogen-bond acceptors (Lipinski definition) is 13. The van der Waals surface area contributed by atoms with E-state index < -0.39 is 88.7 Å². The predicted molar refractivity (Wildman–Crippen MR) is 144 cm³/mol. The molecule has 3 aliphatic rings. The molecular weight excluding hydrogens is 626 g/mol. The number of hydrogen-bond donors (Lipinski definition) is 4. The van der Waals surface area contributed by atoms with E-state index in [2.05, 4.69) is 0 Å². The van der Waals surface area contributed by atoms with Gasteiger partial charge >= 0.3 is 11.9 Å². The Morgan fingerprint density at radius 2 is 1.34 bits per heavy atom. The first-order valence-electron chi connectivity index (χ1n) is 12.5. The number of benzene rings is 3. The summed E-state index contributed by atoms with van der Waals surface area (Å²) in [6, 6.07) is 8.62. The number of ether oxygens (including phenoxy) is 2. The van der Waals surface area contributed by atoms with E-state index in [1.807, 2.05) is 0 Å². The van der Waals surface area contributed by atoms with Crippen molar-refractivity contribution in [2.75, 3.05) is 11.5 Å². The molecule has 0 aromatic heterocycles. The summed E-state index contributed by atoms with van der Waals surface area (Å²) in [5.41, 5.74) is 8.21. The Bertz CT molecular complexity index is 1990. The summed E-state index contributed by atoms with van der Waals surface area (Å²) in [6.07, 6.45) is -0.712. The van der Waals surface area contributed by atoms with Crippen LogP contribution in [0.15, 0.2) is 52.3 Å². The minimum atomic E-state index is -5.15. The highest BCUT2D eigenvalue weighted by Gasteiger charge is 2.56. The Morgan fingerprint density at radius 1 is 0.841 bits per heavy atom. The normalized spacial score (nSPS) is 16.7. The summed E-state index contributed by atoms with van der Waals surface area (Å²) in [4.78, 5) is 52.4. The molecule has 0 aliphatic carbocycles. The molecule has 0 radical (unpaired) electrons. The molecule has 3 aliphatic heterocycles. The Hall–Kier alpha value is -5.04. The van der Waals surface area contributed by atoms with Crippen molar-refractivity contribution in [3.63, 3.8) is 0 Å². The Balaban J connectivity index is 1.55. The first-order valence-corrected chi connectivity index (χ1v) is 15.3. The molecule has 3 heterocycles. The smallest absolute Gasteiger partial charge is 0.340 e. The third-order valence-electron chi connectivity index (χ3n) is 7.24. The van der Waals surface area contributed by atoms with E-state index in [0.29, 0.717) is 5.06 Å². The van der Waals surface area contributed by atoms with Gasteiger partial charge < -0.3 is 25.8 Å². The Labute approximate surface area is 247 Å². The maximum Gasteiger partial charge on any atom is 0.340 e. The molecule has 0 unspecified atom stereocenters. The van der Waals surface area contributed by atoms with E-state index in [1.54, 1.807) is 0 Å². The SMILES string of the molecule is Nc1ccc2c(c1S(=O)(=O)O)Oc1c(ccc(N)c1S(=O)(=O)O)C21OC(=O)c2cc(CC(=O)ON3C(=O)CCC3=O)ccc21. The van der Waals surface area contributed by atoms with Crippen molar-refractivity contribution in [2.24, 2.45) is 0 Å². The lowest BCUT2D eigenvalue weighted by atomic mass is 9.77. The molecule has 1 saturated heterocycles. The number of anilines is 2. The van der Waals surface area contributed by atoms with Crippen molar-refractivity contribution < 1.29 is 59.4 Å².